The lowest BCUT2D eigenvalue weighted by atomic mass is 10.3. The molecule has 3 N–H and O–H groups in total. The molecule has 0 atom stereocenters. The topological polar surface area (TPSA) is 72.2 Å². The van der Waals surface area contributed by atoms with Crippen LogP contribution in [0.1, 0.15) is 0 Å². The highest BCUT2D eigenvalue weighted by Crippen LogP contribution is 2.24. The van der Waals surface area contributed by atoms with Gasteiger partial charge in [-0.25, -0.2) is 8.42 Å². The first-order valence-corrected chi connectivity index (χ1v) is 8.29. The molecule has 0 unspecified atom stereocenters. The molecule has 7 heteroatoms. The Morgan fingerprint density at radius 2 is 1.63 bits per heavy atom. The van der Waals surface area contributed by atoms with E-state index in [1.807, 2.05) is 0 Å². The number of halogens is 2. The Morgan fingerprint density at radius 3 is 2.21 bits per heavy atom. The Balaban J connectivity index is 2.32. The van der Waals surface area contributed by atoms with Crippen LogP contribution >= 0.6 is 31.9 Å². The summed E-state index contributed by atoms with van der Waals surface area (Å²) in [6, 6.07) is 11.4. The first-order chi connectivity index (χ1) is 8.88. The zero-order valence-electron chi connectivity index (χ0n) is 9.60. The molecule has 2 aromatic carbocycles. The Bertz CT molecular complexity index is 700. The van der Waals surface area contributed by atoms with Crippen LogP contribution in [-0.2, 0) is 10.0 Å². The lowest BCUT2D eigenvalue weighted by Crippen LogP contribution is -2.13. The van der Waals surface area contributed by atoms with E-state index in [1.165, 1.54) is 12.1 Å². The normalized spacial score (nSPS) is 11.3. The van der Waals surface area contributed by atoms with Gasteiger partial charge < -0.3 is 5.73 Å². The summed E-state index contributed by atoms with van der Waals surface area (Å²) in [5, 5.41) is 0. The highest BCUT2D eigenvalue weighted by atomic mass is 79.9. The Hall–Kier alpha value is -1.05. The molecule has 4 nitrogen and oxygen atoms in total. The monoisotopic (exact) mass is 404 g/mol. The van der Waals surface area contributed by atoms with E-state index in [0.717, 1.165) is 4.47 Å². The summed E-state index contributed by atoms with van der Waals surface area (Å²) in [5.41, 5.74) is 6.55. The Morgan fingerprint density at radius 1 is 1.00 bits per heavy atom. The maximum Gasteiger partial charge on any atom is 0.261 e. The molecule has 0 bridgehead atoms. The molecule has 100 valence electrons. The number of hydrogen-bond donors (Lipinski definition) is 2. The number of rotatable bonds is 3. The standard InChI is InChI=1S/C12H10Br2N2O2S/c13-8-1-3-9(4-2-8)16-19(17,18)10-5-6-11(14)12(15)7-10/h1-7,16H,15H2. The molecule has 0 aliphatic heterocycles. The minimum absolute atomic E-state index is 0.121. The van der Waals surface area contributed by atoms with Crippen LogP contribution in [0.4, 0.5) is 11.4 Å². The lowest BCUT2D eigenvalue weighted by molar-refractivity contribution is 0.601. The smallest absolute Gasteiger partial charge is 0.261 e. The molecule has 0 aromatic heterocycles. The number of anilines is 2. The number of nitrogens with one attached hydrogen (secondary N) is 1. The number of benzene rings is 2. The molecule has 0 spiro atoms. The van der Waals surface area contributed by atoms with Gasteiger partial charge >= 0.3 is 0 Å². The van der Waals surface area contributed by atoms with Crippen LogP contribution in [0, 0.1) is 0 Å². The predicted molar refractivity (Wildman–Crippen MR) is 83.5 cm³/mol. The molecule has 2 aromatic rings. The average Bonchev–Trinajstić information content (AvgIpc) is 2.35. The van der Waals surface area contributed by atoms with Crippen LogP contribution in [0.5, 0.6) is 0 Å². The second-order valence-electron chi connectivity index (χ2n) is 3.80. The van der Waals surface area contributed by atoms with Gasteiger partial charge in [0.05, 0.1) is 4.90 Å². The van der Waals surface area contributed by atoms with E-state index in [-0.39, 0.29) is 4.90 Å². The van der Waals surface area contributed by atoms with E-state index in [9.17, 15) is 8.42 Å². The lowest BCUT2D eigenvalue weighted by Gasteiger charge is -2.09. The molecule has 0 saturated heterocycles. The van der Waals surface area contributed by atoms with Crippen molar-refractivity contribution in [2.24, 2.45) is 0 Å². The zero-order valence-corrected chi connectivity index (χ0v) is 13.6. The molecule has 0 fully saturated rings. The maximum absolute atomic E-state index is 12.2. The van der Waals surface area contributed by atoms with Crippen LogP contribution in [0.3, 0.4) is 0 Å². The van der Waals surface area contributed by atoms with Crippen molar-refractivity contribution in [2.75, 3.05) is 10.5 Å². The molecule has 0 amide bonds. The fourth-order valence-electron chi connectivity index (χ4n) is 1.42. The van der Waals surface area contributed by atoms with E-state index in [4.69, 9.17) is 5.73 Å². The van der Waals surface area contributed by atoms with Gasteiger partial charge in [-0.2, -0.15) is 0 Å². The number of hydrogen-bond acceptors (Lipinski definition) is 3. The SMILES string of the molecule is Nc1cc(S(=O)(=O)Nc2ccc(Br)cc2)ccc1Br. The van der Waals surface area contributed by atoms with E-state index in [1.54, 1.807) is 30.3 Å². The van der Waals surface area contributed by atoms with Crippen molar-refractivity contribution < 1.29 is 8.42 Å². The van der Waals surface area contributed by atoms with Crippen molar-refractivity contribution >= 4 is 53.3 Å². The summed E-state index contributed by atoms with van der Waals surface area (Å²) in [7, 11) is -3.63. The van der Waals surface area contributed by atoms with Gasteiger partial charge in [-0.15, -0.1) is 0 Å². The van der Waals surface area contributed by atoms with Crippen LogP contribution in [-0.4, -0.2) is 8.42 Å². The summed E-state index contributed by atoms with van der Waals surface area (Å²) in [6.07, 6.45) is 0. The van der Waals surface area contributed by atoms with Crippen LogP contribution in [0.2, 0.25) is 0 Å². The van der Waals surface area contributed by atoms with Crippen molar-refractivity contribution in [1.82, 2.24) is 0 Å². The summed E-state index contributed by atoms with van der Waals surface area (Å²) in [4.78, 5) is 0.121. The third kappa shape index (κ3) is 3.49. The van der Waals surface area contributed by atoms with Crippen molar-refractivity contribution in [3.63, 3.8) is 0 Å². The van der Waals surface area contributed by atoms with Crippen molar-refractivity contribution in [3.05, 3.63) is 51.4 Å². The van der Waals surface area contributed by atoms with E-state index >= 15 is 0 Å². The summed E-state index contributed by atoms with van der Waals surface area (Å²) in [5.74, 6) is 0. The summed E-state index contributed by atoms with van der Waals surface area (Å²) >= 11 is 6.51. The highest BCUT2D eigenvalue weighted by Gasteiger charge is 2.15. The first-order valence-electron chi connectivity index (χ1n) is 5.22. The average molecular weight is 406 g/mol. The van der Waals surface area contributed by atoms with E-state index < -0.39 is 10.0 Å². The molecular formula is C12H10Br2N2O2S. The van der Waals surface area contributed by atoms with Crippen LogP contribution in [0.15, 0.2) is 56.3 Å². The first kappa shape index (κ1) is 14.4. The number of nitrogens with two attached hydrogens (primary N) is 1. The van der Waals surface area contributed by atoms with E-state index in [0.29, 0.717) is 15.8 Å². The minimum Gasteiger partial charge on any atom is -0.398 e. The molecule has 2 rings (SSSR count). The van der Waals surface area contributed by atoms with Gasteiger partial charge in [-0.1, -0.05) is 15.9 Å². The molecule has 0 aliphatic carbocycles. The van der Waals surface area contributed by atoms with Gasteiger partial charge in [0, 0.05) is 20.3 Å². The Kier molecular flexibility index (Phi) is 4.17. The Labute approximate surface area is 128 Å². The van der Waals surface area contributed by atoms with Gasteiger partial charge in [0.1, 0.15) is 0 Å². The second-order valence-corrected chi connectivity index (χ2v) is 7.25. The maximum atomic E-state index is 12.2. The molecule has 19 heavy (non-hydrogen) atoms. The van der Waals surface area contributed by atoms with Crippen LogP contribution in [0.25, 0.3) is 0 Å². The van der Waals surface area contributed by atoms with Gasteiger partial charge in [0.25, 0.3) is 10.0 Å². The van der Waals surface area contributed by atoms with Gasteiger partial charge in [0.15, 0.2) is 0 Å². The second kappa shape index (κ2) is 5.52. The summed E-state index contributed by atoms with van der Waals surface area (Å²) < 4.78 is 28.3. The quantitative estimate of drug-likeness (QED) is 0.766. The van der Waals surface area contributed by atoms with E-state index in [2.05, 4.69) is 36.6 Å². The molecular weight excluding hydrogens is 396 g/mol. The van der Waals surface area contributed by atoms with Gasteiger partial charge in [-0.3, -0.25) is 4.72 Å². The zero-order chi connectivity index (χ0) is 14.0. The van der Waals surface area contributed by atoms with Crippen molar-refractivity contribution in [1.29, 1.82) is 0 Å². The molecule has 0 saturated carbocycles. The molecule has 0 radical (unpaired) electrons. The highest BCUT2D eigenvalue weighted by molar-refractivity contribution is 9.10. The van der Waals surface area contributed by atoms with Crippen molar-refractivity contribution in [2.45, 2.75) is 4.90 Å². The van der Waals surface area contributed by atoms with Crippen molar-refractivity contribution in [3.8, 4) is 0 Å². The molecule has 0 aliphatic rings. The fourth-order valence-corrected chi connectivity index (χ4v) is 3.03. The summed E-state index contributed by atoms with van der Waals surface area (Å²) in [6.45, 7) is 0. The molecule has 0 heterocycles. The van der Waals surface area contributed by atoms with Crippen LogP contribution < -0.4 is 10.5 Å². The predicted octanol–water partition coefficient (Wildman–Crippen LogP) is 3.59. The largest absolute Gasteiger partial charge is 0.398 e. The number of nitrogen functional groups attached to an aromatic ring is 1. The third-order valence-corrected chi connectivity index (χ3v) is 5.00. The van der Waals surface area contributed by atoms with Gasteiger partial charge in [0.2, 0.25) is 0 Å². The fraction of sp³-hybridized carbons (Fsp3) is 0. The van der Waals surface area contributed by atoms with Gasteiger partial charge in [-0.05, 0) is 58.4 Å². The minimum atomic E-state index is -3.63. The number of sulfonamides is 1. The third-order valence-electron chi connectivity index (χ3n) is 2.37.